The van der Waals surface area contributed by atoms with Gasteiger partial charge in [0.1, 0.15) is 11.6 Å². The van der Waals surface area contributed by atoms with E-state index in [0.717, 1.165) is 12.1 Å². The van der Waals surface area contributed by atoms with Crippen LogP contribution in [0, 0.1) is 11.8 Å². The summed E-state index contributed by atoms with van der Waals surface area (Å²) in [5.74, 6) is 6.25. The van der Waals surface area contributed by atoms with Crippen LogP contribution in [0.5, 0.6) is 0 Å². The van der Waals surface area contributed by atoms with Crippen LogP contribution in [0.4, 0.5) is 30.8 Å². The molecule has 28 heavy (non-hydrogen) atoms. The van der Waals surface area contributed by atoms with Gasteiger partial charge in [-0.1, -0.05) is 24.0 Å². The maximum Gasteiger partial charge on any atom is 0.416 e. The van der Waals surface area contributed by atoms with Gasteiger partial charge in [-0.25, -0.2) is 9.97 Å². The first-order valence-corrected chi connectivity index (χ1v) is 8.04. The number of nitrogens with one attached hydrogen (secondary N) is 1. The van der Waals surface area contributed by atoms with Crippen molar-refractivity contribution in [3.63, 3.8) is 0 Å². The summed E-state index contributed by atoms with van der Waals surface area (Å²) in [6, 6.07) is 8.04. The van der Waals surface area contributed by atoms with Gasteiger partial charge in [0.2, 0.25) is 5.95 Å². The van der Waals surface area contributed by atoms with Crippen molar-refractivity contribution in [3.8, 4) is 23.1 Å². The second-order valence-corrected chi connectivity index (χ2v) is 5.71. The molecule has 0 saturated carbocycles. The smallest absolute Gasteiger partial charge is 0.384 e. The summed E-state index contributed by atoms with van der Waals surface area (Å²) >= 11 is 0. The van der Waals surface area contributed by atoms with Gasteiger partial charge in [0.15, 0.2) is 0 Å². The fourth-order valence-corrected chi connectivity index (χ4v) is 2.38. The minimum atomic E-state index is -4.48. The summed E-state index contributed by atoms with van der Waals surface area (Å²) in [6.07, 6.45) is -3.01. The molecule has 5 N–H and O–H groups in total. The molecule has 0 aliphatic heterocycles. The predicted octanol–water partition coefficient (Wildman–Crippen LogP) is 3.16. The van der Waals surface area contributed by atoms with Gasteiger partial charge in [0.05, 0.1) is 16.8 Å². The van der Waals surface area contributed by atoms with E-state index in [-0.39, 0.29) is 28.6 Å². The van der Waals surface area contributed by atoms with Crippen LogP contribution in [0.1, 0.15) is 16.7 Å². The summed E-state index contributed by atoms with van der Waals surface area (Å²) in [6.45, 7) is 0. The molecule has 9 heteroatoms. The topological polar surface area (TPSA) is 103 Å². The maximum atomic E-state index is 13.1. The molecule has 0 fully saturated rings. The lowest BCUT2D eigenvalue weighted by Gasteiger charge is -2.12. The van der Waals surface area contributed by atoms with Gasteiger partial charge < -0.3 is 16.8 Å². The van der Waals surface area contributed by atoms with E-state index in [0.29, 0.717) is 11.4 Å². The summed E-state index contributed by atoms with van der Waals surface area (Å²) in [5.41, 5.74) is 11.9. The third-order valence-electron chi connectivity index (χ3n) is 3.74. The van der Waals surface area contributed by atoms with E-state index in [1.165, 1.54) is 18.3 Å². The molecule has 6 nitrogen and oxygen atoms in total. The molecule has 0 unspecified atom stereocenters. The first-order chi connectivity index (χ1) is 13.3. The molecular weight excluding hydrogens is 369 g/mol. The van der Waals surface area contributed by atoms with E-state index in [2.05, 4.69) is 32.1 Å². The Morgan fingerprint density at radius 3 is 2.46 bits per heavy atom. The zero-order chi connectivity index (χ0) is 20.3. The Morgan fingerprint density at radius 1 is 1.04 bits per heavy atom. The molecule has 0 bridgehead atoms. The fraction of sp³-hybridized carbons (Fsp3) is 0.105. The third kappa shape index (κ3) is 4.12. The predicted molar refractivity (Wildman–Crippen MR) is 101 cm³/mol. The lowest BCUT2D eigenvalue weighted by molar-refractivity contribution is -0.137. The molecule has 3 aromatic rings. The minimum absolute atomic E-state index is 0.0441. The molecule has 0 radical (unpaired) electrons. The lowest BCUT2D eigenvalue weighted by Crippen LogP contribution is -2.07. The van der Waals surface area contributed by atoms with Crippen molar-refractivity contribution < 1.29 is 13.2 Å². The molecular formula is C19H15F3N6. The molecule has 1 aromatic carbocycles. The number of hydrogen-bond donors (Lipinski definition) is 3. The Kier molecular flexibility index (Phi) is 5.04. The highest BCUT2D eigenvalue weighted by molar-refractivity contribution is 5.75. The van der Waals surface area contributed by atoms with E-state index in [9.17, 15) is 13.2 Å². The third-order valence-corrected chi connectivity index (χ3v) is 3.74. The number of nitrogen functional groups attached to an aromatic ring is 2. The van der Waals surface area contributed by atoms with Gasteiger partial charge >= 0.3 is 6.18 Å². The number of rotatable bonds is 2. The molecule has 2 heterocycles. The van der Waals surface area contributed by atoms with Crippen LogP contribution in [0.2, 0.25) is 0 Å². The largest absolute Gasteiger partial charge is 0.416 e. The highest BCUT2D eigenvalue weighted by Gasteiger charge is 2.30. The Hall–Kier alpha value is -3.80. The van der Waals surface area contributed by atoms with Crippen molar-refractivity contribution >= 4 is 17.6 Å². The van der Waals surface area contributed by atoms with E-state index in [1.54, 1.807) is 19.2 Å². The van der Waals surface area contributed by atoms with Gasteiger partial charge in [-0.3, -0.25) is 0 Å². The van der Waals surface area contributed by atoms with Crippen LogP contribution in [-0.4, -0.2) is 22.0 Å². The van der Waals surface area contributed by atoms with Crippen LogP contribution in [0.15, 0.2) is 42.6 Å². The van der Waals surface area contributed by atoms with Crippen LogP contribution in [0.25, 0.3) is 11.3 Å². The quantitative estimate of drug-likeness (QED) is 0.587. The standard InChI is InChI=1S/C19H15F3N6/c1-25-18-27-16(12-3-2-4-13(9-12)19(20,21)22)14(17(24)28-18)7-5-11-6-8-15(23)26-10-11/h2-4,6,8-10H,1H3,(H2,23,26)(H3,24,25,27,28). The summed E-state index contributed by atoms with van der Waals surface area (Å²) in [5, 5.41) is 2.73. The number of benzene rings is 1. The average Bonchev–Trinajstić information content (AvgIpc) is 2.67. The van der Waals surface area contributed by atoms with Crippen molar-refractivity contribution in [2.45, 2.75) is 6.18 Å². The van der Waals surface area contributed by atoms with E-state index in [4.69, 9.17) is 11.5 Å². The summed E-state index contributed by atoms with van der Waals surface area (Å²) < 4.78 is 39.3. The fourth-order valence-electron chi connectivity index (χ4n) is 2.38. The van der Waals surface area contributed by atoms with Crippen molar-refractivity contribution in [3.05, 3.63) is 59.3 Å². The van der Waals surface area contributed by atoms with E-state index < -0.39 is 11.7 Å². The highest BCUT2D eigenvalue weighted by atomic mass is 19.4. The Labute approximate surface area is 158 Å². The number of hydrogen-bond acceptors (Lipinski definition) is 6. The highest BCUT2D eigenvalue weighted by Crippen LogP contribution is 2.33. The van der Waals surface area contributed by atoms with Gasteiger partial charge in [0.25, 0.3) is 0 Å². The Balaban J connectivity index is 2.16. The molecule has 142 valence electrons. The number of pyridine rings is 1. The van der Waals surface area contributed by atoms with Crippen molar-refractivity contribution in [1.29, 1.82) is 0 Å². The van der Waals surface area contributed by atoms with Gasteiger partial charge in [-0.2, -0.15) is 18.2 Å². The van der Waals surface area contributed by atoms with E-state index in [1.807, 2.05) is 0 Å². The van der Waals surface area contributed by atoms with Crippen LogP contribution < -0.4 is 16.8 Å². The van der Waals surface area contributed by atoms with Gasteiger partial charge in [0, 0.05) is 24.4 Å². The number of halogens is 3. The minimum Gasteiger partial charge on any atom is -0.384 e. The summed E-state index contributed by atoms with van der Waals surface area (Å²) in [7, 11) is 1.58. The number of alkyl halides is 3. The molecule has 0 spiro atoms. The average molecular weight is 384 g/mol. The van der Waals surface area contributed by atoms with Gasteiger partial charge in [-0.05, 0) is 24.3 Å². The zero-order valence-electron chi connectivity index (χ0n) is 14.7. The molecule has 0 amide bonds. The second-order valence-electron chi connectivity index (χ2n) is 5.71. The van der Waals surface area contributed by atoms with Gasteiger partial charge in [-0.15, -0.1) is 0 Å². The maximum absolute atomic E-state index is 13.1. The van der Waals surface area contributed by atoms with Crippen molar-refractivity contribution in [2.24, 2.45) is 0 Å². The number of nitrogens with zero attached hydrogens (tertiary/aromatic N) is 3. The lowest BCUT2D eigenvalue weighted by atomic mass is 10.0. The number of aromatic nitrogens is 3. The molecule has 0 aliphatic carbocycles. The van der Waals surface area contributed by atoms with E-state index >= 15 is 0 Å². The molecule has 0 saturated heterocycles. The SMILES string of the molecule is CNc1nc(N)c(C#Cc2ccc(N)nc2)c(-c2cccc(C(F)(F)F)c2)n1. The second kappa shape index (κ2) is 7.44. The molecule has 3 rings (SSSR count). The first kappa shape index (κ1) is 19.0. The number of anilines is 3. The molecule has 0 atom stereocenters. The zero-order valence-corrected chi connectivity index (χ0v) is 14.7. The molecule has 2 aromatic heterocycles. The van der Waals surface area contributed by atoms with Crippen LogP contribution in [0.3, 0.4) is 0 Å². The molecule has 0 aliphatic rings. The Morgan fingerprint density at radius 2 is 1.82 bits per heavy atom. The van der Waals surface area contributed by atoms with Crippen LogP contribution >= 0.6 is 0 Å². The Bertz CT molecular complexity index is 1070. The van der Waals surface area contributed by atoms with Crippen molar-refractivity contribution in [2.75, 3.05) is 23.8 Å². The number of nitrogens with two attached hydrogens (primary N) is 2. The first-order valence-electron chi connectivity index (χ1n) is 8.04. The van der Waals surface area contributed by atoms with Crippen LogP contribution in [-0.2, 0) is 6.18 Å². The van der Waals surface area contributed by atoms with Crippen molar-refractivity contribution in [1.82, 2.24) is 15.0 Å². The normalized spacial score (nSPS) is 10.9. The summed E-state index contributed by atoms with van der Waals surface area (Å²) in [4.78, 5) is 12.3. The monoisotopic (exact) mass is 384 g/mol.